The first-order valence-electron chi connectivity index (χ1n) is 6.65. The summed E-state index contributed by atoms with van der Waals surface area (Å²) in [6.45, 7) is -0.481. The summed E-state index contributed by atoms with van der Waals surface area (Å²) in [5.41, 5.74) is -4.07. The largest absolute Gasteiger partial charge is 0.416 e. The van der Waals surface area contributed by atoms with Crippen LogP contribution >= 0.6 is 0 Å². The van der Waals surface area contributed by atoms with Gasteiger partial charge in [-0.1, -0.05) is 18.2 Å². The van der Waals surface area contributed by atoms with Crippen molar-refractivity contribution in [3.63, 3.8) is 0 Å². The molecule has 0 heterocycles. The smallest absolute Gasteiger partial charge is 0.392 e. The van der Waals surface area contributed by atoms with Crippen LogP contribution < -0.4 is 5.32 Å². The molecule has 0 saturated carbocycles. The molecule has 0 saturated heterocycles. The third-order valence-corrected chi connectivity index (χ3v) is 3.26. The van der Waals surface area contributed by atoms with Gasteiger partial charge in [-0.3, -0.25) is 20.2 Å². The van der Waals surface area contributed by atoms with Crippen molar-refractivity contribution in [2.75, 3.05) is 5.32 Å². The fourth-order valence-corrected chi connectivity index (χ4v) is 2.11. The molecular formula is C14H10F3N3O5. The number of hydrogen-bond acceptors (Lipinski definition) is 6. The van der Waals surface area contributed by atoms with E-state index in [0.29, 0.717) is 0 Å². The highest BCUT2D eigenvalue weighted by molar-refractivity contribution is 5.80. The fourth-order valence-electron chi connectivity index (χ4n) is 2.11. The number of nitro benzene ring substituents is 2. The highest BCUT2D eigenvalue weighted by Gasteiger charge is 2.37. The Hall–Kier alpha value is -3.21. The number of aliphatic hydroxyl groups excluding tert-OH is 1. The molecule has 25 heavy (non-hydrogen) atoms. The molecule has 0 atom stereocenters. The Balaban J connectivity index is 2.70. The third-order valence-electron chi connectivity index (χ3n) is 3.26. The summed E-state index contributed by atoms with van der Waals surface area (Å²) in [7, 11) is 0. The minimum atomic E-state index is -4.99. The predicted molar refractivity (Wildman–Crippen MR) is 80.4 cm³/mol. The average Bonchev–Trinajstić information content (AvgIpc) is 2.53. The van der Waals surface area contributed by atoms with Crippen molar-refractivity contribution < 1.29 is 28.1 Å². The Morgan fingerprint density at radius 2 is 1.56 bits per heavy atom. The lowest BCUT2D eigenvalue weighted by Gasteiger charge is -2.13. The van der Waals surface area contributed by atoms with Gasteiger partial charge in [0.15, 0.2) is 5.69 Å². The van der Waals surface area contributed by atoms with E-state index in [1.54, 1.807) is 6.07 Å². The van der Waals surface area contributed by atoms with E-state index in [0.717, 1.165) is 0 Å². The Morgan fingerprint density at radius 3 is 2.00 bits per heavy atom. The molecule has 2 N–H and O–H groups in total. The second kappa shape index (κ2) is 6.73. The SMILES string of the molecule is O=[N+]([O-])c1cc(C(F)(F)F)cc([N+](=O)[O-])c1Nc1ccccc1CO. The molecule has 132 valence electrons. The third kappa shape index (κ3) is 3.83. The van der Waals surface area contributed by atoms with Crippen LogP contribution in [0.4, 0.5) is 35.9 Å². The van der Waals surface area contributed by atoms with Crippen LogP contribution in [0.3, 0.4) is 0 Å². The molecule has 11 heteroatoms. The Kier molecular flexibility index (Phi) is 4.88. The lowest BCUT2D eigenvalue weighted by molar-refractivity contribution is -0.392. The van der Waals surface area contributed by atoms with E-state index in [-0.39, 0.29) is 23.4 Å². The molecule has 0 aliphatic heterocycles. The van der Waals surface area contributed by atoms with Crippen LogP contribution in [0.25, 0.3) is 0 Å². The van der Waals surface area contributed by atoms with Gasteiger partial charge in [0.2, 0.25) is 0 Å². The number of rotatable bonds is 5. The molecule has 0 amide bonds. The molecular weight excluding hydrogens is 347 g/mol. The van der Waals surface area contributed by atoms with Gasteiger partial charge in [-0.25, -0.2) is 0 Å². The molecule has 2 rings (SSSR count). The second-order valence-corrected chi connectivity index (χ2v) is 4.84. The standard InChI is InChI=1S/C14H10F3N3O5/c15-14(16,17)9-5-11(19(22)23)13(12(6-9)20(24)25)18-10-4-2-1-3-8(10)7-21/h1-6,18,21H,7H2. The maximum absolute atomic E-state index is 12.9. The summed E-state index contributed by atoms with van der Waals surface area (Å²) in [6, 6.07) is 6.30. The minimum absolute atomic E-state index is 0.0935. The number of anilines is 2. The van der Waals surface area contributed by atoms with Crippen molar-refractivity contribution in [1.82, 2.24) is 0 Å². The van der Waals surface area contributed by atoms with E-state index in [2.05, 4.69) is 5.32 Å². The van der Waals surface area contributed by atoms with Crippen LogP contribution in [-0.2, 0) is 12.8 Å². The Morgan fingerprint density at radius 1 is 1.04 bits per heavy atom. The van der Waals surface area contributed by atoms with Gasteiger partial charge in [0.25, 0.3) is 11.4 Å². The second-order valence-electron chi connectivity index (χ2n) is 4.84. The van der Waals surface area contributed by atoms with E-state index in [1.807, 2.05) is 0 Å². The Bertz CT molecular complexity index is 804. The summed E-state index contributed by atoms with van der Waals surface area (Å²) in [4.78, 5) is 20.0. The number of para-hydroxylation sites is 1. The lowest BCUT2D eigenvalue weighted by atomic mass is 10.1. The molecule has 0 aliphatic rings. The van der Waals surface area contributed by atoms with Gasteiger partial charge in [-0.15, -0.1) is 0 Å². The zero-order chi connectivity index (χ0) is 18.8. The van der Waals surface area contributed by atoms with Gasteiger partial charge < -0.3 is 10.4 Å². The molecule has 0 radical (unpaired) electrons. The van der Waals surface area contributed by atoms with Crippen LogP contribution in [0.1, 0.15) is 11.1 Å². The summed E-state index contributed by atoms with van der Waals surface area (Å²) in [6.07, 6.45) is -4.99. The maximum atomic E-state index is 12.9. The molecule has 0 aromatic heterocycles. The molecule has 0 unspecified atom stereocenters. The van der Waals surface area contributed by atoms with Crippen LogP contribution in [0.15, 0.2) is 36.4 Å². The van der Waals surface area contributed by atoms with Crippen LogP contribution in [-0.4, -0.2) is 15.0 Å². The quantitative estimate of drug-likeness (QED) is 0.621. The topological polar surface area (TPSA) is 119 Å². The lowest BCUT2D eigenvalue weighted by Crippen LogP contribution is -2.09. The number of benzene rings is 2. The van der Waals surface area contributed by atoms with Gasteiger partial charge >= 0.3 is 6.18 Å². The highest BCUT2D eigenvalue weighted by atomic mass is 19.4. The fraction of sp³-hybridized carbons (Fsp3) is 0.143. The number of hydrogen-bond donors (Lipinski definition) is 2. The van der Waals surface area contributed by atoms with Gasteiger partial charge in [0.05, 0.1) is 22.0 Å². The zero-order valence-electron chi connectivity index (χ0n) is 12.3. The van der Waals surface area contributed by atoms with Crippen molar-refractivity contribution in [3.05, 3.63) is 67.8 Å². The van der Waals surface area contributed by atoms with E-state index < -0.39 is 45.3 Å². The number of nitro groups is 2. The van der Waals surface area contributed by atoms with Gasteiger partial charge in [0, 0.05) is 23.4 Å². The van der Waals surface area contributed by atoms with E-state index in [4.69, 9.17) is 0 Å². The summed E-state index contributed by atoms with van der Waals surface area (Å²) >= 11 is 0. The van der Waals surface area contributed by atoms with E-state index in [9.17, 15) is 38.5 Å². The van der Waals surface area contributed by atoms with Crippen molar-refractivity contribution >= 4 is 22.7 Å². The maximum Gasteiger partial charge on any atom is 0.416 e. The summed E-state index contributed by atoms with van der Waals surface area (Å²) in [5.74, 6) is 0. The van der Waals surface area contributed by atoms with Crippen molar-refractivity contribution in [2.24, 2.45) is 0 Å². The van der Waals surface area contributed by atoms with Crippen LogP contribution in [0, 0.1) is 20.2 Å². The van der Waals surface area contributed by atoms with E-state index in [1.165, 1.54) is 18.2 Å². The molecule has 0 spiro atoms. The van der Waals surface area contributed by atoms with Crippen molar-refractivity contribution in [3.8, 4) is 0 Å². The van der Waals surface area contributed by atoms with Crippen molar-refractivity contribution in [2.45, 2.75) is 12.8 Å². The number of alkyl halides is 3. The Labute approximate surface area is 137 Å². The van der Waals surface area contributed by atoms with Crippen LogP contribution in [0.2, 0.25) is 0 Å². The molecule has 0 aliphatic carbocycles. The van der Waals surface area contributed by atoms with Gasteiger partial charge in [0.1, 0.15) is 0 Å². The highest BCUT2D eigenvalue weighted by Crippen LogP contribution is 2.42. The summed E-state index contributed by atoms with van der Waals surface area (Å²) < 4.78 is 38.6. The molecule has 2 aromatic rings. The minimum Gasteiger partial charge on any atom is -0.392 e. The van der Waals surface area contributed by atoms with Crippen molar-refractivity contribution in [1.29, 1.82) is 0 Å². The molecule has 2 aromatic carbocycles. The average molecular weight is 357 g/mol. The number of nitrogens with one attached hydrogen (secondary N) is 1. The first kappa shape index (κ1) is 18.1. The number of nitrogens with zero attached hydrogens (tertiary/aromatic N) is 2. The number of aliphatic hydroxyl groups is 1. The zero-order valence-corrected chi connectivity index (χ0v) is 12.3. The predicted octanol–water partition coefficient (Wildman–Crippen LogP) is 3.76. The number of halogens is 3. The monoisotopic (exact) mass is 357 g/mol. The van der Waals surface area contributed by atoms with Gasteiger partial charge in [-0.2, -0.15) is 13.2 Å². The van der Waals surface area contributed by atoms with E-state index >= 15 is 0 Å². The molecule has 8 nitrogen and oxygen atoms in total. The first-order valence-corrected chi connectivity index (χ1v) is 6.65. The van der Waals surface area contributed by atoms with Gasteiger partial charge in [-0.05, 0) is 6.07 Å². The van der Waals surface area contributed by atoms with Crippen LogP contribution in [0.5, 0.6) is 0 Å². The first-order chi connectivity index (χ1) is 11.6. The summed E-state index contributed by atoms with van der Waals surface area (Å²) in [5, 5.41) is 33.9. The normalized spacial score (nSPS) is 11.2. The molecule has 0 bridgehead atoms. The molecule has 0 fully saturated rings.